The number of allylic oxidation sites excluding steroid dienone is 1. The standard InChI is InChI=1S/C13H20O2S/c1-3-4-5-6-7-8-9-13(2)11(14)10-12(15)16-13/h8-10,14H,3-7H2,1-2H3/b9-8+/t13-/m1/s1. The van der Waals surface area contributed by atoms with Gasteiger partial charge in [0, 0.05) is 6.08 Å². The summed E-state index contributed by atoms with van der Waals surface area (Å²) >= 11 is 1.18. The van der Waals surface area contributed by atoms with E-state index in [0.29, 0.717) is 0 Å². The second-order valence-electron chi connectivity index (χ2n) is 4.31. The van der Waals surface area contributed by atoms with E-state index in [4.69, 9.17) is 0 Å². The van der Waals surface area contributed by atoms with E-state index >= 15 is 0 Å². The van der Waals surface area contributed by atoms with Gasteiger partial charge in [0.1, 0.15) is 5.76 Å². The SMILES string of the molecule is CCCCCC/C=C/[C@@]1(C)SC(=O)C=C1O. The molecule has 90 valence electrons. The van der Waals surface area contributed by atoms with Crippen molar-refractivity contribution in [3.05, 3.63) is 24.0 Å². The zero-order chi connectivity index (χ0) is 12.0. The summed E-state index contributed by atoms with van der Waals surface area (Å²) in [5.74, 6) is 0.173. The summed E-state index contributed by atoms with van der Waals surface area (Å²) in [7, 11) is 0. The maximum absolute atomic E-state index is 11.1. The highest BCUT2D eigenvalue weighted by Crippen LogP contribution is 2.39. The van der Waals surface area contributed by atoms with Crippen molar-refractivity contribution < 1.29 is 9.90 Å². The van der Waals surface area contributed by atoms with E-state index < -0.39 is 4.75 Å². The maximum atomic E-state index is 11.1. The molecular formula is C13H20O2S. The molecule has 0 fully saturated rings. The zero-order valence-corrected chi connectivity index (χ0v) is 10.8. The molecule has 0 aromatic heterocycles. The van der Waals surface area contributed by atoms with Crippen molar-refractivity contribution >= 4 is 16.9 Å². The monoisotopic (exact) mass is 240 g/mol. The molecule has 0 bridgehead atoms. The first kappa shape index (κ1) is 13.4. The lowest BCUT2D eigenvalue weighted by atomic mass is 10.1. The third kappa shape index (κ3) is 3.71. The number of aliphatic hydroxyl groups excluding tert-OH is 1. The number of rotatable bonds is 6. The Balaban J connectivity index is 2.34. The predicted molar refractivity (Wildman–Crippen MR) is 69.6 cm³/mol. The van der Waals surface area contributed by atoms with Crippen LogP contribution in [0.2, 0.25) is 0 Å². The highest BCUT2D eigenvalue weighted by Gasteiger charge is 2.35. The van der Waals surface area contributed by atoms with E-state index in [1.165, 1.54) is 43.5 Å². The van der Waals surface area contributed by atoms with E-state index in [2.05, 4.69) is 13.0 Å². The van der Waals surface area contributed by atoms with Crippen LogP contribution >= 0.6 is 11.8 Å². The zero-order valence-electron chi connectivity index (χ0n) is 10.0. The summed E-state index contributed by atoms with van der Waals surface area (Å²) in [6, 6.07) is 0. The van der Waals surface area contributed by atoms with Gasteiger partial charge in [0.05, 0.1) is 4.75 Å². The first-order valence-electron chi connectivity index (χ1n) is 5.90. The van der Waals surface area contributed by atoms with E-state index in [0.717, 1.165) is 6.42 Å². The van der Waals surface area contributed by atoms with E-state index in [-0.39, 0.29) is 10.9 Å². The van der Waals surface area contributed by atoms with Gasteiger partial charge >= 0.3 is 0 Å². The molecule has 16 heavy (non-hydrogen) atoms. The van der Waals surface area contributed by atoms with Crippen LogP contribution < -0.4 is 0 Å². The number of unbranched alkanes of at least 4 members (excludes halogenated alkanes) is 4. The first-order valence-corrected chi connectivity index (χ1v) is 6.72. The summed E-state index contributed by atoms with van der Waals surface area (Å²) < 4.78 is -0.526. The Morgan fingerprint density at radius 1 is 1.44 bits per heavy atom. The van der Waals surface area contributed by atoms with Crippen LogP contribution in [0.4, 0.5) is 0 Å². The number of aliphatic hydroxyl groups is 1. The summed E-state index contributed by atoms with van der Waals surface area (Å²) in [5, 5.41) is 9.57. The molecule has 0 spiro atoms. The molecule has 1 aliphatic rings. The minimum absolute atomic E-state index is 0.0596. The maximum Gasteiger partial charge on any atom is 0.216 e. The average molecular weight is 240 g/mol. The van der Waals surface area contributed by atoms with Gasteiger partial charge in [-0.1, -0.05) is 50.1 Å². The van der Waals surface area contributed by atoms with E-state index in [1.54, 1.807) is 0 Å². The minimum atomic E-state index is -0.526. The molecule has 1 rings (SSSR count). The predicted octanol–water partition coefficient (Wildman–Crippen LogP) is 3.99. The molecule has 0 aromatic carbocycles. The molecule has 0 saturated heterocycles. The fraction of sp³-hybridized carbons (Fsp3) is 0.615. The Labute approximate surface area is 102 Å². The fourth-order valence-electron chi connectivity index (χ4n) is 1.66. The van der Waals surface area contributed by atoms with Gasteiger partial charge in [0.25, 0.3) is 0 Å². The van der Waals surface area contributed by atoms with Crippen molar-refractivity contribution in [1.29, 1.82) is 0 Å². The van der Waals surface area contributed by atoms with E-state index in [1.807, 2.05) is 13.0 Å². The Morgan fingerprint density at radius 3 is 2.75 bits per heavy atom. The summed E-state index contributed by atoms with van der Waals surface area (Å²) in [4.78, 5) is 11.1. The molecule has 0 saturated carbocycles. The lowest BCUT2D eigenvalue weighted by Gasteiger charge is -2.17. The normalized spacial score (nSPS) is 25.4. The van der Waals surface area contributed by atoms with Crippen LogP contribution in [0.1, 0.15) is 46.0 Å². The fourth-order valence-corrected chi connectivity index (χ4v) is 2.58. The molecular weight excluding hydrogens is 220 g/mol. The van der Waals surface area contributed by atoms with E-state index in [9.17, 15) is 9.90 Å². The smallest absolute Gasteiger partial charge is 0.216 e. The van der Waals surface area contributed by atoms with Crippen molar-refractivity contribution in [1.82, 2.24) is 0 Å². The van der Waals surface area contributed by atoms with Gasteiger partial charge in [0.15, 0.2) is 0 Å². The molecule has 0 aromatic rings. The Bertz CT molecular complexity index is 307. The van der Waals surface area contributed by atoms with Crippen molar-refractivity contribution in [3.8, 4) is 0 Å². The van der Waals surface area contributed by atoms with Crippen LogP contribution in [0.25, 0.3) is 0 Å². The Kier molecular flexibility index (Phi) is 5.13. The molecule has 2 nitrogen and oxygen atoms in total. The third-order valence-electron chi connectivity index (χ3n) is 2.74. The topological polar surface area (TPSA) is 37.3 Å². The van der Waals surface area contributed by atoms with Gasteiger partial charge in [-0.15, -0.1) is 0 Å². The summed E-state index contributed by atoms with van der Waals surface area (Å²) in [6.45, 7) is 4.07. The van der Waals surface area contributed by atoms with Crippen molar-refractivity contribution in [2.24, 2.45) is 0 Å². The van der Waals surface area contributed by atoms with Gasteiger partial charge in [-0.25, -0.2) is 0 Å². The minimum Gasteiger partial charge on any atom is -0.510 e. The summed E-state index contributed by atoms with van der Waals surface area (Å²) in [6.07, 6.45) is 11.3. The molecule has 1 aliphatic heterocycles. The van der Waals surface area contributed by atoms with Crippen molar-refractivity contribution in [2.45, 2.75) is 50.7 Å². The van der Waals surface area contributed by atoms with Crippen LogP contribution in [-0.2, 0) is 4.79 Å². The Hall–Kier alpha value is -0.700. The molecule has 3 heteroatoms. The lowest BCUT2D eigenvalue weighted by molar-refractivity contribution is -0.106. The van der Waals surface area contributed by atoms with Crippen LogP contribution in [-0.4, -0.2) is 15.0 Å². The largest absolute Gasteiger partial charge is 0.510 e. The second-order valence-corrected chi connectivity index (χ2v) is 5.76. The molecule has 1 heterocycles. The average Bonchev–Trinajstić information content (AvgIpc) is 2.47. The van der Waals surface area contributed by atoms with Crippen LogP contribution in [0.3, 0.4) is 0 Å². The number of hydrogen-bond acceptors (Lipinski definition) is 3. The van der Waals surface area contributed by atoms with Crippen LogP contribution in [0.5, 0.6) is 0 Å². The summed E-state index contributed by atoms with van der Waals surface area (Å²) in [5.41, 5.74) is 0. The number of carbonyl (C=O) groups excluding carboxylic acids is 1. The lowest BCUT2D eigenvalue weighted by Crippen LogP contribution is -2.16. The number of hydrogen-bond donors (Lipinski definition) is 1. The molecule has 0 amide bonds. The molecule has 1 N–H and O–H groups in total. The first-order chi connectivity index (χ1) is 7.58. The molecule has 0 unspecified atom stereocenters. The van der Waals surface area contributed by atoms with Gasteiger partial charge in [-0.05, 0) is 19.8 Å². The van der Waals surface area contributed by atoms with Crippen molar-refractivity contribution in [2.75, 3.05) is 0 Å². The van der Waals surface area contributed by atoms with Crippen LogP contribution in [0.15, 0.2) is 24.0 Å². The van der Waals surface area contributed by atoms with Gasteiger partial charge in [0.2, 0.25) is 5.12 Å². The second kappa shape index (κ2) is 6.14. The van der Waals surface area contributed by atoms with Gasteiger partial charge < -0.3 is 5.11 Å². The molecule has 1 atom stereocenters. The number of carbonyl (C=O) groups is 1. The third-order valence-corrected chi connectivity index (χ3v) is 3.82. The molecule has 0 radical (unpaired) electrons. The van der Waals surface area contributed by atoms with Crippen molar-refractivity contribution in [3.63, 3.8) is 0 Å². The van der Waals surface area contributed by atoms with Crippen LogP contribution in [0, 0.1) is 0 Å². The van der Waals surface area contributed by atoms with Gasteiger partial charge in [-0.3, -0.25) is 4.79 Å². The highest BCUT2D eigenvalue weighted by molar-refractivity contribution is 8.15. The molecule has 0 aliphatic carbocycles. The van der Waals surface area contributed by atoms with Gasteiger partial charge in [-0.2, -0.15) is 0 Å². The number of thioether (sulfide) groups is 1. The quantitative estimate of drug-likeness (QED) is 0.563. The highest BCUT2D eigenvalue weighted by atomic mass is 32.2. The Morgan fingerprint density at radius 2 is 2.19 bits per heavy atom.